The summed E-state index contributed by atoms with van der Waals surface area (Å²) in [6.45, 7) is 8.38. The van der Waals surface area contributed by atoms with Crippen molar-refractivity contribution in [1.29, 1.82) is 0 Å². The molecule has 32 heteroatoms. The third kappa shape index (κ3) is 27.1. The fourth-order valence-electron chi connectivity index (χ4n) is 7.18. The lowest BCUT2D eigenvalue weighted by Gasteiger charge is -2.30. The fraction of sp³-hybridized carbons (Fsp3) is 0.755. The van der Waals surface area contributed by atoms with Gasteiger partial charge in [0.05, 0.1) is 6.67 Å². The molecule has 0 saturated heterocycles. The summed E-state index contributed by atoms with van der Waals surface area (Å²) in [6.07, 6.45) is 0.928. The zero-order valence-corrected chi connectivity index (χ0v) is 51.4. The molecule has 0 aliphatic carbocycles. The van der Waals surface area contributed by atoms with Crippen molar-refractivity contribution in [1.82, 2.24) is 35.2 Å². The molecule has 3 rings (SSSR count). The van der Waals surface area contributed by atoms with Gasteiger partial charge in [-0.15, -0.1) is 0 Å². The Labute approximate surface area is 480 Å². The summed E-state index contributed by atoms with van der Waals surface area (Å²) in [5.74, 6) is 2.57. The largest absolute Gasteiger partial charge is 0.364 e. The van der Waals surface area contributed by atoms with Gasteiger partial charge in [-0.3, -0.25) is 19.6 Å². The number of hydrogen-bond donors (Lipinski definition) is 1. The Morgan fingerprint density at radius 3 is 0.642 bits per heavy atom. The van der Waals surface area contributed by atoms with Gasteiger partial charge in [-0.1, -0.05) is 6.92 Å². The number of nitrogens with zero attached hydrogens (tertiary/aromatic N) is 15. The van der Waals surface area contributed by atoms with E-state index in [4.69, 9.17) is 75.8 Å². The molecule has 0 amide bonds. The van der Waals surface area contributed by atoms with Crippen LogP contribution in [0.4, 0.5) is 52.8 Å². The molecular weight excluding hydrogens is 1070 g/mol. The molecule has 2 aromatic heterocycles. The highest BCUT2D eigenvalue weighted by Gasteiger charge is 2.23. The summed E-state index contributed by atoms with van der Waals surface area (Å²) in [7, 11) is 27.7. The van der Waals surface area contributed by atoms with Gasteiger partial charge in [0, 0.05) is 137 Å². The molecular formula is C49H96N16O16. The smallest absolute Gasteiger partial charge is 0.235 e. The van der Waals surface area contributed by atoms with Gasteiger partial charge in [0.2, 0.25) is 35.7 Å². The molecule has 468 valence electrons. The Hall–Kier alpha value is -5.24. The van der Waals surface area contributed by atoms with Crippen LogP contribution in [0.3, 0.4) is 0 Å². The van der Waals surface area contributed by atoms with E-state index in [0.29, 0.717) is 96.2 Å². The number of methoxy groups -OCH3 is 16. The van der Waals surface area contributed by atoms with E-state index >= 15 is 0 Å². The lowest BCUT2D eigenvalue weighted by atomic mass is 10.2. The highest BCUT2D eigenvalue weighted by atomic mass is 16.5. The molecule has 3 aromatic rings. The van der Waals surface area contributed by atoms with Crippen LogP contribution in [0.5, 0.6) is 0 Å². The summed E-state index contributed by atoms with van der Waals surface area (Å²) in [4.78, 5) is 44.0. The molecule has 81 heavy (non-hydrogen) atoms. The summed E-state index contributed by atoms with van der Waals surface area (Å²) in [5, 5.41) is 3.09. The van der Waals surface area contributed by atoms with E-state index in [0.717, 1.165) is 30.0 Å². The number of benzene rings is 1. The second-order valence-corrected chi connectivity index (χ2v) is 17.0. The Balaban J connectivity index is 0.000000607. The molecule has 0 unspecified atom stereocenters. The van der Waals surface area contributed by atoms with Crippen LogP contribution < -0.4 is 49.4 Å². The molecule has 32 nitrogen and oxygen atoms in total. The summed E-state index contributed by atoms with van der Waals surface area (Å²) in [6, 6.07) is 6.12. The molecule has 0 spiro atoms. The van der Waals surface area contributed by atoms with E-state index < -0.39 is 0 Å². The van der Waals surface area contributed by atoms with Crippen LogP contribution in [0.25, 0.3) is 0 Å². The number of hydrogen-bond acceptors (Lipinski definition) is 32. The van der Waals surface area contributed by atoms with Crippen molar-refractivity contribution < 1.29 is 75.8 Å². The predicted octanol–water partition coefficient (Wildman–Crippen LogP) is 1.94. The zero-order chi connectivity index (χ0) is 60.2. The molecule has 0 radical (unpaired) electrons. The van der Waals surface area contributed by atoms with Crippen LogP contribution in [-0.2, 0) is 75.8 Å². The maximum Gasteiger partial charge on any atom is 0.235 e. The van der Waals surface area contributed by atoms with Crippen LogP contribution in [0.15, 0.2) is 18.2 Å². The van der Waals surface area contributed by atoms with Crippen LogP contribution >= 0.6 is 0 Å². The molecule has 0 bridgehead atoms. The summed E-state index contributed by atoms with van der Waals surface area (Å²) >= 11 is 0. The number of aromatic nitrogens is 6. The standard InChI is InChI=1S/C18H33N3O6.C16H33N7O4.C15H30N6O6/c1-22-10-19(11-23-2)16-7-17(20(12-24-3)13-25-4)9-18(8-16)21(14-26-5)15-27-6;1-7-8-21(10-24-3)14-18-15(22(9-17-2)11-25-4)20-16(19-14)23(12-26-5)13-27-6;1-22-7-19(8-23-2)13-16-14(20(9-24-3)10-25-4)18-15(17-13)21(11-26-5)12-27-6/h7-9H,10-15H2,1-6H3;17H,7-13H2,1-6H3;7-12H2,1-6H3. The SMILES string of the molecule is CCCN(COC)c1nc(N(CNC)COC)nc(N(COC)COC)n1.COCN(COC)c1cc(N(COC)COC)cc(N(COC)COC)c1.COCN(COC)c1nc(N(COC)COC)nc(N(COC)COC)n1. The first kappa shape index (κ1) is 73.8. The molecule has 0 saturated carbocycles. The molecule has 2 heterocycles. The third-order valence-corrected chi connectivity index (χ3v) is 10.3. The Kier molecular flexibility index (Phi) is 42.1. The number of anilines is 9. The molecule has 0 fully saturated rings. The second kappa shape index (κ2) is 46.3. The topological polar surface area (TPSA) is 266 Å². The number of ether oxygens (including phenoxy) is 16. The van der Waals surface area contributed by atoms with Gasteiger partial charge in [0.1, 0.15) is 108 Å². The monoisotopic (exact) mass is 1160 g/mol. The van der Waals surface area contributed by atoms with E-state index in [1.807, 2.05) is 49.7 Å². The van der Waals surface area contributed by atoms with Crippen molar-refractivity contribution in [2.75, 3.05) is 286 Å². The van der Waals surface area contributed by atoms with Gasteiger partial charge in [0.25, 0.3) is 0 Å². The van der Waals surface area contributed by atoms with Crippen molar-refractivity contribution >= 4 is 52.8 Å². The minimum Gasteiger partial charge on any atom is -0.364 e. The Morgan fingerprint density at radius 2 is 0.444 bits per heavy atom. The van der Waals surface area contributed by atoms with Crippen molar-refractivity contribution in [2.45, 2.75) is 13.3 Å². The highest BCUT2D eigenvalue weighted by molar-refractivity contribution is 5.69. The molecule has 1 aromatic carbocycles. The quantitative estimate of drug-likeness (QED) is 0.0793. The first-order valence-corrected chi connectivity index (χ1v) is 25.3. The van der Waals surface area contributed by atoms with Gasteiger partial charge < -0.3 is 106 Å². The van der Waals surface area contributed by atoms with Gasteiger partial charge in [-0.05, 0) is 31.7 Å². The molecule has 1 N–H and O–H groups in total. The molecule has 0 aliphatic heterocycles. The fourth-order valence-corrected chi connectivity index (χ4v) is 7.18. The van der Waals surface area contributed by atoms with E-state index in [2.05, 4.69) is 42.1 Å². The average molecular weight is 1170 g/mol. The third-order valence-electron chi connectivity index (χ3n) is 10.3. The van der Waals surface area contributed by atoms with Gasteiger partial charge >= 0.3 is 0 Å². The van der Waals surface area contributed by atoms with Crippen molar-refractivity contribution in [3.05, 3.63) is 18.2 Å². The summed E-state index contributed by atoms with van der Waals surface area (Å²) in [5.41, 5.74) is 2.79. The van der Waals surface area contributed by atoms with E-state index in [1.54, 1.807) is 133 Å². The number of nitrogens with one attached hydrogen (secondary N) is 1. The van der Waals surface area contributed by atoms with Gasteiger partial charge in [-0.2, -0.15) is 29.9 Å². The average Bonchev–Trinajstić information content (AvgIpc) is 3.46. The minimum absolute atomic E-state index is 0.236. The number of rotatable bonds is 45. The van der Waals surface area contributed by atoms with Crippen LogP contribution in [0, 0.1) is 0 Å². The Morgan fingerprint density at radius 1 is 0.272 bits per heavy atom. The molecule has 0 aliphatic rings. The minimum atomic E-state index is 0.236. The highest BCUT2D eigenvalue weighted by Crippen LogP contribution is 2.31. The Bertz CT molecular complexity index is 1480. The van der Waals surface area contributed by atoms with Crippen molar-refractivity contribution in [3.63, 3.8) is 0 Å². The normalized spacial score (nSPS) is 10.9. The van der Waals surface area contributed by atoms with E-state index in [-0.39, 0.29) is 53.8 Å². The maximum atomic E-state index is 5.32. The van der Waals surface area contributed by atoms with E-state index in [9.17, 15) is 0 Å². The van der Waals surface area contributed by atoms with Crippen LogP contribution in [-0.4, -0.2) is 272 Å². The first-order valence-electron chi connectivity index (χ1n) is 25.3. The maximum absolute atomic E-state index is 5.32. The van der Waals surface area contributed by atoms with Crippen molar-refractivity contribution in [2.24, 2.45) is 0 Å². The predicted molar refractivity (Wildman–Crippen MR) is 308 cm³/mol. The van der Waals surface area contributed by atoms with Crippen LogP contribution in [0.2, 0.25) is 0 Å². The molecule has 0 atom stereocenters. The van der Waals surface area contributed by atoms with E-state index in [1.165, 1.54) is 0 Å². The van der Waals surface area contributed by atoms with Crippen LogP contribution in [0.1, 0.15) is 13.3 Å². The lowest BCUT2D eigenvalue weighted by Crippen LogP contribution is -2.38. The summed E-state index contributed by atoms with van der Waals surface area (Å²) < 4.78 is 84.4. The second-order valence-electron chi connectivity index (χ2n) is 17.0. The van der Waals surface area contributed by atoms with Gasteiger partial charge in [0.15, 0.2) is 0 Å². The first-order chi connectivity index (χ1) is 39.4. The van der Waals surface area contributed by atoms with Gasteiger partial charge in [-0.25, -0.2) is 0 Å². The zero-order valence-electron chi connectivity index (χ0n) is 51.4. The van der Waals surface area contributed by atoms with Crippen molar-refractivity contribution in [3.8, 4) is 0 Å². The lowest BCUT2D eigenvalue weighted by molar-refractivity contribution is 0.134.